The topological polar surface area (TPSA) is 30.5 Å². The van der Waals surface area contributed by atoms with Crippen LogP contribution in [0.25, 0.3) is 0 Å². The molecule has 18 heavy (non-hydrogen) atoms. The van der Waals surface area contributed by atoms with Crippen LogP contribution >= 0.6 is 0 Å². The molecule has 0 bridgehead atoms. The first-order chi connectivity index (χ1) is 8.29. The molecule has 0 aromatic rings. The van der Waals surface area contributed by atoms with E-state index in [4.69, 9.17) is 4.74 Å². The summed E-state index contributed by atoms with van der Waals surface area (Å²) in [7, 11) is 0. The van der Waals surface area contributed by atoms with E-state index in [0.717, 1.165) is 19.4 Å². The molecule has 0 radical (unpaired) electrons. The zero-order chi connectivity index (χ0) is 13.6. The summed E-state index contributed by atoms with van der Waals surface area (Å²) in [5.41, 5.74) is -0.108. The minimum Gasteiger partial charge on any atom is -0.375 e. The zero-order valence-corrected chi connectivity index (χ0v) is 11.0. The van der Waals surface area contributed by atoms with Crippen molar-refractivity contribution in [2.24, 2.45) is 0 Å². The van der Waals surface area contributed by atoms with Gasteiger partial charge in [-0.15, -0.1) is 0 Å². The van der Waals surface area contributed by atoms with Gasteiger partial charge in [-0.25, -0.2) is 0 Å². The third kappa shape index (κ3) is 7.18. The van der Waals surface area contributed by atoms with Crippen molar-refractivity contribution in [3.63, 3.8) is 0 Å². The second-order valence-electron chi connectivity index (χ2n) is 5.27. The molecule has 1 saturated heterocycles. The minimum absolute atomic E-state index is 0.108. The molecule has 1 aliphatic rings. The van der Waals surface area contributed by atoms with Crippen LogP contribution in [-0.4, -0.2) is 44.2 Å². The van der Waals surface area contributed by atoms with E-state index in [1.165, 1.54) is 0 Å². The Balaban J connectivity index is 2.01. The van der Waals surface area contributed by atoms with Gasteiger partial charge in [0.25, 0.3) is 0 Å². The highest BCUT2D eigenvalue weighted by atomic mass is 19.4. The van der Waals surface area contributed by atoms with Gasteiger partial charge in [0.2, 0.25) is 0 Å². The summed E-state index contributed by atoms with van der Waals surface area (Å²) in [6, 6.07) is 0.386. The highest BCUT2D eigenvalue weighted by molar-refractivity contribution is 4.82. The predicted molar refractivity (Wildman–Crippen MR) is 62.5 cm³/mol. The third-order valence-electron chi connectivity index (χ3n) is 2.86. The average molecular weight is 269 g/mol. The molecular weight excluding hydrogens is 247 g/mol. The number of hydrogen-bond donors (Lipinski definition) is 1. The molecule has 0 aromatic heterocycles. The molecule has 1 aliphatic heterocycles. The van der Waals surface area contributed by atoms with Crippen LogP contribution in [0.3, 0.4) is 0 Å². The van der Waals surface area contributed by atoms with Gasteiger partial charge in [-0.1, -0.05) is 0 Å². The first kappa shape index (κ1) is 15.7. The molecular formula is C12H22F3NO2. The summed E-state index contributed by atoms with van der Waals surface area (Å²) >= 11 is 0. The molecule has 1 rings (SSSR count). The first-order valence-corrected chi connectivity index (χ1v) is 6.30. The number of alkyl halides is 3. The van der Waals surface area contributed by atoms with Gasteiger partial charge in [-0.2, -0.15) is 13.2 Å². The summed E-state index contributed by atoms with van der Waals surface area (Å²) in [5, 5.41) is 3.33. The lowest BCUT2D eigenvalue weighted by Gasteiger charge is -2.36. The van der Waals surface area contributed by atoms with Crippen LogP contribution in [0.1, 0.15) is 33.1 Å². The molecule has 6 heteroatoms. The number of ether oxygens (including phenoxy) is 2. The number of halogens is 3. The zero-order valence-electron chi connectivity index (χ0n) is 11.0. The summed E-state index contributed by atoms with van der Waals surface area (Å²) < 4.78 is 45.5. The van der Waals surface area contributed by atoms with Crippen molar-refractivity contribution >= 4 is 0 Å². The Morgan fingerprint density at radius 3 is 2.72 bits per heavy atom. The molecule has 1 atom stereocenters. The lowest BCUT2D eigenvalue weighted by atomic mass is 9.94. The van der Waals surface area contributed by atoms with Gasteiger partial charge in [0, 0.05) is 19.3 Å². The van der Waals surface area contributed by atoms with Gasteiger partial charge in [0.15, 0.2) is 0 Å². The van der Waals surface area contributed by atoms with Crippen molar-refractivity contribution in [2.45, 2.75) is 50.9 Å². The van der Waals surface area contributed by atoms with Gasteiger partial charge in [-0.3, -0.25) is 0 Å². The van der Waals surface area contributed by atoms with Crippen molar-refractivity contribution < 1.29 is 22.6 Å². The van der Waals surface area contributed by atoms with Gasteiger partial charge in [-0.05, 0) is 39.7 Å². The molecule has 1 N–H and O–H groups in total. The Kier molecular flexibility index (Phi) is 5.88. The van der Waals surface area contributed by atoms with Crippen molar-refractivity contribution in [1.82, 2.24) is 5.32 Å². The molecule has 0 saturated carbocycles. The van der Waals surface area contributed by atoms with Gasteiger partial charge in [0.05, 0.1) is 5.60 Å². The van der Waals surface area contributed by atoms with Crippen molar-refractivity contribution in [3.8, 4) is 0 Å². The second kappa shape index (κ2) is 6.73. The number of rotatable bonds is 6. The van der Waals surface area contributed by atoms with E-state index in [-0.39, 0.29) is 12.2 Å². The molecule has 0 aromatic carbocycles. The fourth-order valence-electron chi connectivity index (χ4n) is 2.07. The standard InChI is InChI=1S/C12H22F3NO2/c1-11(2)8-10(4-7-18-11)16-5-3-6-17-9-12(13,14)15/h10,16H,3-9H2,1-2H3. The average Bonchev–Trinajstić information content (AvgIpc) is 2.20. The van der Waals surface area contributed by atoms with Gasteiger partial charge >= 0.3 is 6.18 Å². The Morgan fingerprint density at radius 2 is 2.11 bits per heavy atom. The Bertz CT molecular complexity index is 244. The minimum atomic E-state index is -4.22. The molecule has 3 nitrogen and oxygen atoms in total. The predicted octanol–water partition coefficient (Wildman–Crippen LogP) is 2.50. The van der Waals surface area contributed by atoms with Crippen LogP contribution in [0.5, 0.6) is 0 Å². The Hall–Kier alpha value is -0.330. The van der Waals surface area contributed by atoms with E-state index >= 15 is 0 Å². The SMILES string of the molecule is CC1(C)CC(NCCCOCC(F)(F)F)CCO1. The smallest absolute Gasteiger partial charge is 0.375 e. The summed E-state index contributed by atoms with van der Waals surface area (Å²) in [6.07, 6.45) is -1.75. The summed E-state index contributed by atoms with van der Waals surface area (Å²) in [6.45, 7) is 4.49. The van der Waals surface area contributed by atoms with Crippen molar-refractivity contribution in [2.75, 3.05) is 26.4 Å². The lowest BCUT2D eigenvalue weighted by Crippen LogP contribution is -2.44. The lowest BCUT2D eigenvalue weighted by molar-refractivity contribution is -0.174. The van der Waals surface area contributed by atoms with E-state index in [2.05, 4.69) is 10.1 Å². The summed E-state index contributed by atoms with van der Waals surface area (Å²) in [5.74, 6) is 0. The van der Waals surface area contributed by atoms with E-state index in [0.29, 0.717) is 19.0 Å². The van der Waals surface area contributed by atoms with Crippen LogP contribution < -0.4 is 5.32 Å². The van der Waals surface area contributed by atoms with Crippen molar-refractivity contribution in [1.29, 1.82) is 0 Å². The highest BCUT2D eigenvalue weighted by Crippen LogP contribution is 2.23. The molecule has 108 valence electrons. The van der Waals surface area contributed by atoms with Crippen LogP contribution in [-0.2, 0) is 9.47 Å². The maximum Gasteiger partial charge on any atom is 0.411 e. The number of nitrogens with one attached hydrogen (secondary N) is 1. The van der Waals surface area contributed by atoms with Crippen LogP contribution in [0.4, 0.5) is 13.2 Å². The third-order valence-corrected chi connectivity index (χ3v) is 2.86. The Morgan fingerprint density at radius 1 is 1.39 bits per heavy atom. The summed E-state index contributed by atoms with van der Waals surface area (Å²) in [4.78, 5) is 0. The van der Waals surface area contributed by atoms with E-state index < -0.39 is 12.8 Å². The van der Waals surface area contributed by atoms with Crippen LogP contribution in [0.2, 0.25) is 0 Å². The fourth-order valence-corrected chi connectivity index (χ4v) is 2.07. The van der Waals surface area contributed by atoms with E-state index in [9.17, 15) is 13.2 Å². The van der Waals surface area contributed by atoms with Gasteiger partial charge < -0.3 is 14.8 Å². The van der Waals surface area contributed by atoms with Gasteiger partial charge in [0.1, 0.15) is 6.61 Å². The van der Waals surface area contributed by atoms with Crippen LogP contribution in [0.15, 0.2) is 0 Å². The normalized spacial score (nSPS) is 24.2. The second-order valence-corrected chi connectivity index (χ2v) is 5.27. The van der Waals surface area contributed by atoms with Crippen LogP contribution in [0, 0.1) is 0 Å². The molecule has 0 amide bonds. The maximum atomic E-state index is 11.8. The molecule has 0 aliphatic carbocycles. The quantitative estimate of drug-likeness (QED) is 0.752. The van der Waals surface area contributed by atoms with E-state index in [1.54, 1.807) is 0 Å². The van der Waals surface area contributed by atoms with E-state index in [1.807, 2.05) is 13.8 Å². The van der Waals surface area contributed by atoms with Crippen molar-refractivity contribution in [3.05, 3.63) is 0 Å². The molecule has 1 fully saturated rings. The monoisotopic (exact) mass is 269 g/mol. The molecule has 1 unspecified atom stereocenters. The number of hydrogen-bond acceptors (Lipinski definition) is 3. The fraction of sp³-hybridized carbons (Fsp3) is 1.00. The molecule has 0 spiro atoms. The Labute approximate surface area is 106 Å². The largest absolute Gasteiger partial charge is 0.411 e. The highest BCUT2D eigenvalue weighted by Gasteiger charge is 2.28. The molecule has 1 heterocycles. The first-order valence-electron chi connectivity index (χ1n) is 6.30. The maximum absolute atomic E-state index is 11.8.